The van der Waals surface area contributed by atoms with Crippen LogP contribution in [0.3, 0.4) is 0 Å². The van der Waals surface area contributed by atoms with Crippen molar-refractivity contribution in [2.75, 3.05) is 0 Å². The molecule has 0 unspecified atom stereocenters. The van der Waals surface area contributed by atoms with Gasteiger partial charge in [-0.25, -0.2) is 0 Å². The average molecular weight is 362 g/mol. The molecule has 0 aromatic carbocycles. The largest absolute Gasteiger partial charge is 0.390 e. The average Bonchev–Trinajstić information content (AvgIpc) is 2.87. The van der Waals surface area contributed by atoms with Crippen LogP contribution in [0.15, 0.2) is 23.8 Å². The summed E-state index contributed by atoms with van der Waals surface area (Å²) in [4.78, 5) is 12.3. The molecular formula is C21H30O5. The lowest BCUT2D eigenvalue weighted by Crippen LogP contribution is -2.62. The van der Waals surface area contributed by atoms with Gasteiger partial charge in [0.2, 0.25) is 0 Å². The van der Waals surface area contributed by atoms with Gasteiger partial charge in [-0.15, -0.1) is 0 Å². The van der Waals surface area contributed by atoms with E-state index in [0.717, 1.165) is 12.8 Å². The van der Waals surface area contributed by atoms with Gasteiger partial charge in [0.05, 0.1) is 12.2 Å². The van der Waals surface area contributed by atoms with E-state index in [-0.39, 0.29) is 23.5 Å². The summed E-state index contributed by atoms with van der Waals surface area (Å²) in [5.74, 6) is -0.278. The zero-order valence-corrected chi connectivity index (χ0v) is 15.7. The third kappa shape index (κ3) is 2.03. The number of Topliss-reactive ketones (excluding diaryl/α,β-unsaturated/α-hetero) is 1. The molecule has 0 saturated heterocycles. The summed E-state index contributed by atoms with van der Waals surface area (Å²) in [7, 11) is 0. The highest BCUT2D eigenvalue weighted by Gasteiger charge is 2.67. The molecule has 5 nitrogen and oxygen atoms in total. The molecule has 4 aliphatic rings. The molecule has 0 heterocycles. The highest BCUT2D eigenvalue weighted by molar-refractivity contribution is 5.86. The first-order valence-electron chi connectivity index (χ1n) is 9.75. The fraction of sp³-hybridized carbons (Fsp3) is 0.762. The molecule has 4 rings (SSSR count). The highest BCUT2D eigenvalue weighted by atomic mass is 16.3. The van der Waals surface area contributed by atoms with E-state index in [1.54, 1.807) is 12.2 Å². The Balaban J connectivity index is 1.78. The summed E-state index contributed by atoms with van der Waals surface area (Å²) in [6, 6.07) is 0. The maximum atomic E-state index is 12.3. The van der Waals surface area contributed by atoms with Crippen molar-refractivity contribution < 1.29 is 25.2 Å². The molecule has 3 fully saturated rings. The van der Waals surface area contributed by atoms with E-state index in [1.807, 2.05) is 13.0 Å². The van der Waals surface area contributed by atoms with Crippen LogP contribution in [0.1, 0.15) is 46.5 Å². The number of aliphatic hydroxyl groups excluding tert-OH is 3. The Morgan fingerprint density at radius 3 is 2.42 bits per heavy atom. The summed E-state index contributed by atoms with van der Waals surface area (Å²) >= 11 is 0. The Bertz CT molecular complexity index is 699. The number of carbonyl (C=O) groups is 1. The molecule has 26 heavy (non-hydrogen) atoms. The maximum absolute atomic E-state index is 12.3. The van der Waals surface area contributed by atoms with Gasteiger partial charge in [-0.2, -0.15) is 0 Å². The molecule has 0 aromatic heterocycles. The van der Waals surface area contributed by atoms with Crippen molar-refractivity contribution in [3.63, 3.8) is 0 Å². The van der Waals surface area contributed by atoms with Crippen molar-refractivity contribution in [1.82, 2.24) is 0 Å². The second kappa shape index (κ2) is 5.51. The summed E-state index contributed by atoms with van der Waals surface area (Å²) in [6.07, 6.45) is 5.27. The standard InChI is InChI=1S/C21H30O5/c1-11(22)21(26)9-6-14-16-13(5-8-20(14,21)3)19(2)7-4-12(23)10-15(19)17(24)18(16)25/h4,7,10,12-14,16-18,23-26H,5-6,8-9H2,1-3H3/t12-,13+,14+,16-,17-,18-,19-,20+,21+/m1/s1. The topological polar surface area (TPSA) is 98.0 Å². The molecule has 4 N–H and O–H groups in total. The van der Waals surface area contributed by atoms with Gasteiger partial charge in [0, 0.05) is 10.8 Å². The van der Waals surface area contributed by atoms with Crippen molar-refractivity contribution in [2.24, 2.45) is 28.6 Å². The first-order chi connectivity index (χ1) is 12.1. The first kappa shape index (κ1) is 18.4. The van der Waals surface area contributed by atoms with Gasteiger partial charge in [-0.05, 0) is 62.0 Å². The summed E-state index contributed by atoms with van der Waals surface area (Å²) in [5.41, 5.74) is -1.63. The molecule has 0 amide bonds. The van der Waals surface area contributed by atoms with Gasteiger partial charge in [0.25, 0.3) is 0 Å². The van der Waals surface area contributed by atoms with Crippen LogP contribution in [0.25, 0.3) is 0 Å². The molecule has 0 aromatic rings. The highest BCUT2D eigenvalue weighted by Crippen LogP contribution is 2.67. The van der Waals surface area contributed by atoms with Gasteiger partial charge in [-0.3, -0.25) is 4.79 Å². The Hall–Kier alpha value is -1.01. The Morgan fingerprint density at radius 2 is 1.77 bits per heavy atom. The number of carbonyl (C=O) groups excluding carboxylic acids is 1. The van der Waals surface area contributed by atoms with Crippen LogP contribution in [0, 0.1) is 28.6 Å². The predicted octanol–water partition coefficient (Wildman–Crippen LogP) is 1.35. The molecular weight excluding hydrogens is 332 g/mol. The van der Waals surface area contributed by atoms with Crippen molar-refractivity contribution in [3.8, 4) is 0 Å². The van der Waals surface area contributed by atoms with Gasteiger partial charge >= 0.3 is 0 Å². The number of allylic oxidation sites excluding steroid dienone is 1. The number of fused-ring (bicyclic) bond motifs is 5. The number of rotatable bonds is 1. The van der Waals surface area contributed by atoms with Gasteiger partial charge in [0.1, 0.15) is 11.7 Å². The third-order valence-corrected chi connectivity index (χ3v) is 8.49. The Morgan fingerprint density at radius 1 is 1.12 bits per heavy atom. The molecule has 0 radical (unpaired) electrons. The number of hydrogen-bond acceptors (Lipinski definition) is 5. The second-order valence-corrected chi connectivity index (χ2v) is 9.39. The van der Waals surface area contributed by atoms with Crippen LogP contribution in [0.4, 0.5) is 0 Å². The van der Waals surface area contributed by atoms with Crippen LogP contribution in [0.5, 0.6) is 0 Å². The van der Waals surface area contributed by atoms with Crippen LogP contribution >= 0.6 is 0 Å². The molecule has 0 bridgehead atoms. The van der Waals surface area contributed by atoms with Gasteiger partial charge in [-0.1, -0.05) is 26.0 Å². The lowest BCUT2D eigenvalue weighted by atomic mass is 9.46. The van der Waals surface area contributed by atoms with E-state index in [1.165, 1.54) is 6.92 Å². The van der Waals surface area contributed by atoms with Crippen LogP contribution < -0.4 is 0 Å². The minimum absolute atomic E-state index is 0.0153. The fourth-order valence-corrected chi connectivity index (χ4v) is 6.93. The minimum atomic E-state index is -1.34. The van der Waals surface area contributed by atoms with Crippen molar-refractivity contribution >= 4 is 5.78 Å². The quantitative estimate of drug-likeness (QED) is 0.528. The van der Waals surface area contributed by atoms with E-state index >= 15 is 0 Å². The lowest BCUT2D eigenvalue weighted by molar-refractivity contribution is -0.175. The van der Waals surface area contributed by atoms with Gasteiger partial charge in [0.15, 0.2) is 5.78 Å². The van der Waals surface area contributed by atoms with Crippen LogP contribution in [0.2, 0.25) is 0 Å². The second-order valence-electron chi connectivity index (χ2n) is 9.39. The maximum Gasteiger partial charge on any atom is 0.161 e. The van der Waals surface area contributed by atoms with Crippen molar-refractivity contribution in [1.29, 1.82) is 0 Å². The molecule has 0 spiro atoms. The zero-order chi connectivity index (χ0) is 19.1. The molecule has 9 atom stereocenters. The summed E-state index contributed by atoms with van der Waals surface area (Å²) in [5, 5.41) is 43.0. The third-order valence-electron chi connectivity index (χ3n) is 8.49. The van der Waals surface area contributed by atoms with E-state index < -0.39 is 34.7 Å². The molecule has 3 saturated carbocycles. The molecule has 4 aliphatic carbocycles. The van der Waals surface area contributed by atoms with Gasteiger partial charge < -0.3 is 20.4 Å². The minimum Gasteiger partial charge on any atom is -0.390 e. The van der Waals surface area contributed by atoms with Crippen molar-refractivity contribution in [2.45, 2.75) is 70.4 Å². The smallest absolute Gasteiger partial charge is 0.161 e. The normalized spacial score (nSPS) is 55.6. The number of aliphatic hydroxyl groups is 4. The summed E-state index contributed by atoms with van der Waals surface area (Å²) in [6.45, 7) is 5.51. The molecule has 5 heteroatoms. The fourth-order valence-electron chi connectivity index (χ4n) is 6.93. The number of hydrogen-bond donors (Lipinski definition) is 4. The number of ketones is 1. The monoisotopic (exact) mass is 362 g/mol. The van der Waals surface area contributed by atoms with Crippen LogP contribution in [-0.2, 0) is 4.79 Å². The zero-order valence-electron chi connectivity index (χ0n) is 15.7. The first-order valence-corrected chi connectivity index (χ1v) is 9.75. The van der Waals surface area contributed by atoms with E-state index in [4.69, 9.17) is 0 Å². The predicted molar refractivity (Wildman–Crippen MR) is 96.0 cm³/mol. The van der Waals surface area contributed by atoms with E-state index in [9.17, 15) is 25.2 Å². The van der Waals surface area contributed by atoms with E-state index in [0.29, 0.717) is 18.4 Å². The SMILES string of the molecule is CC(=O)[C@@]1(O)CC[C@H]2[C@@H]3[C@@H](O)[C@H](O)C4=C[C@H](O)C=C[C@]4(C)[C@H]3CC[C@@]21C. The molecule has 0 aliphatic heterocycles. The molecule has 144 valence electrons. The summed E-state index contributed by atoms with van der Waals surface area (Å²) < 4.78 is 0. The van der Waals surface area contributed by atoms with Crippen molar-refractivity contribution in [3.05, 3.63) is 23.8 Å². The Labute approximate surface area is 154 Å². The lowest BCUT2D eigenvalue weighted by Gasteiger charge is -2.60. The van der Waals surface area contributed by atoms with Crippen LogP contribution in [-0.4, -0.2) is 50.1 Å². The Kier molecular flexibility index (Phi) is 3.89. The van der Waals surface area contributed by atoms with E-state index in [2.05, 4.69) is 6.92 Å².